The van der Waals surface area contributed by atoms with E-state index in [0.717, 1.165) is 12.0 Å². The molecule has 1 aliphatic heterocycles. The Kier molecular flexibility index (Phi) is 7.68. The second-order valence-corrected chi connectivity index (χ2v) is 11.4. The lowest BCUT2D eigenvalue weighted by molar-refractivity contribution is -0.127. The SMILES string of the molecule is CC(C)(Cc1ccccc1)NC(=O)C1CCN(S(=O)(=O)Cc2c(Cl)cccc2Cl)CC1. The highest BCUT2D eigenvalue weighted by Crippen LogP contribution is 2.29. The molecule has 0 unspecified atom stereocenters. The molecule has 0 aliphatic carbocycles. The maximum Gasteiger partial charge on any atom is 0.223 e. The van der Waals surface area contributed by atoms with Gasteiger partial charge in [-0.05, 0) is 50.8 Å². The summed E-state index contributed by atoms with van der Waals surface area (Å²) in [6.45, 7) is 4.62. The highest BCUT2D eigenvalue weighted by Gasteiger charge is 2.33. The van der Waals surface area contributed by atoms with Crippen LogP contribution in [0, 0.1) is 5.92 Å². The smallest absolute Gasteiger partial charge is 0.223 e. The first-order valence-electron chi connectivity index (χ1n) is 10.3. The zero-order chi connectivity index (χ0) is 22.6. The Morgan fingerprint density at radius 3 is 2.19 bits per heavy atom. The van der Waals surface area contributed by atoms with Crippen molar-refractivity contribution in [3.05, 3.63) is 69.7 Å². The van der Waals surface area contributed by atoms with Crippen LogP contribution in [0.5, 0.6) is 0 Å². The maximum absolute atomic E-state index is 12.9. The van der Waals surface area contributed by atoms with E-state index in [2.05, 4.69) is 5.32 Å². The van der Waals surface area contributed by atoms with E-state index in [0.29, 0.717) is 41.5 Å². The Bertz CT molecular complexity index is 998. The molecule has 1 saturated heterocycles. The fourth-order valence-corrected chi connectivity index (χ4v) is 6.24. The number of nitrogens with one attached hydrogen (secondary N) is 1. The quantitative estimate of drug-likeness (QED) is 0.623. The number of hydrogen-bond acceptors (Lipinski definition) is 3. The standard InChI is InChI=1S/C23H28Cl2N2O3S/c1-23(2,15-17-7-4-3-5-8-17)26-22(28)18-11-13-27(14-12-18)31(29,30)16-19-20(24)9-6-10-21(19)25/h3-10,18H,11-16H2,1-2H3,(H,26,28). The number of sulfonamides is 1. The normalized spacial score (nSPS) is 16.3. The molecule has 0 atom stereocenters. The molecular weight excluding hydrogens is 455 g/mol. The van der Waals surface area contributed by atoms with Gasteiger partial charge in [0.05, 0.1) is 5.75 Å². The third kappa shape index (κ3) is 6.45. The summed E-state index contributed by atoms with van der Waals surface area (Å²) in [6.07, 6.45) is 1.71. The van der Waals surface area contributed by atoms with E-state index in [1.165, 1.54) is 4.31 Å². The average molecular weight is 483 g/mol. The predicted octanol–water partition coefficient (Wildman–Crippen LogP) is 4.67. The van der Waals surface area contributed by atoms with Crippen molar-refractivity contribution in [1.29, 1.82) is 0 Å². The molecule has 2 aromatic carbocycles. The van der Waals surface area contributed by atoms with Crippen LogP contribution >= 0.6 is 23.2 Å². The Balaban J connectivity index is 1.56. The van der Waals surface area contributed by atoms with Crippen molar-refractivity contribution in [3.8, 4) is 0 Å². The van der Waals surface area contributed by atoms with Gasteiger partial charge < -0.3 is 5.32 Å². The molecule has 1 heterocycles. The molecule has 2 aromatic rings. The first-order chi connectivity index (χ1) is 14.6. The lowest BCUT2D eigenvalue weighted by atomic mass is 9.91. The Hall–Kier alpha value is -1.60. The number of benzene rings is 2. The van der Waals surface area contributed by atoms with Gasteiger partial charge in [0.25, 0.3) is 0 Å². The number of amides is 1. The summed E-state index contributed by atoms with van der Waals surface area (Å²) in [6, 6.07) is 15.0. The molecule has 168 valence electrons. The number of halogens is 2. The molecule has 1 fully saturated rings. The van der Waals surface area contributed by atoms with Crippen LogP contribution in [0.25, 0.3) is 0 Å². The van der Waals surface area contributed by atoms with Gasteiger partial charge in [0.1, 0.15) is 0 Å². The van der Waals surface area contributed by atoms with Crippen LogP contribution in [0.1, 0.15) is 37.8 Å². The number of nitrogens with zero attached hydrogens (tertiary/aromatic N) is 1. The summed E-state index contributed by atoms with van der Waals surface area (Å²) in [5.74, 6) is -0.468. The van der Waals surface area contributed by atoms with E-state index in [1.807, 2.05) is 44.2 Å². The summed E-state index contributed by atoms with van der Waals surface area (Å²) < 4.78 is 27.2. The van der Waals surface area contributed by atoms with E-state index >= 15 is 0 Å². The molecule has 31 heavy (non-hydrogen) atoms. The molecule has 5 nitrogen and oxygen atoms in total. The first kappa shape index (κ1) is 24.1. The first-order valence-corrected chi connectivity index (χ1v) is 12.7. The van der Waals surface area contributed by atoms with Crippen LogP contribution in [-0.4, -0.2) is 37.3 Å². The van der Waals surface area contributed by atoms with Crippen molar-refractivity contribution in [2.45, 2.75) is 44.4 Å². The minimum Gasteiger partial charge on any atom is -0.351 e. The average Bonchev–Trinajstić information content (AvgIpc) is 2.71. The molecule has 1 N–H and O–H groups in total. The Morgan fingerprint density at radius 2 is 1.61 bits per heavy atom. The summed E-state index contributed by atoms with van der Waals surface area (Å²) in [4.78, 5) is 12.8. The molecule has 1 amide bonds. The van der Waals surface area contributed by atoms with Crippen molar-refractivity contribution in [2.75, 3.05) is 13.1 Å². The van der Waals surface area contributed by atoms with Crippen molar-refractivity contribution in [3.63, 3.8) is 0 Å². The van der Waals surface area contributed by atoms with Crippen LogP contribution in [0.15, 0.2) is 48.5 Å². The van der Waals surface area contributed by atoms with Gasteiger partial charge in [-0.2, -0.15) is 0 Å². The fraction of sp³-hybridized carbons (Fsp3) is 0.435. The highest BCUT2D eigenvalue weighted by atomic mass is 35.5. The number of hydrogen-bond donors (Lipinski definition) is 1. The third-order valence-electron chi connectivity index (χ3n) is 5.56. The van der Waals surface area contributed by atoms with E-state index in [9.17, 15) is 13.2 Å². The second kappa shape index (κ2) is 9.90. The molecule has 0 saturated carbocycles. The predicted molar refractivity (Wildman–Crippen MR) is 126 cm³/mol. The maximum atomic E-state index is 12.9. The van der Waals surface area contributed by atoms with Gasteiger partial charge in [-0.15, -0.1) is 0 Å². The molecule has 1 aliphatic rings. The molecule has 0 bridgehead atoms. The molecule has 3 rings (SSSR count). The van der Waals surface area contributed by atoms with Crippen LogP contribution in [-0.2, 0) is 27.0 Å². The monoisotopic (exact) mass is 482 g/mol. The molecule has 0 aromatic heterocycles. The number of carbonyl (C=O) groups is 1. The highest BCUT2D eigenvalue weighted by molar-refractivity contribution is 7.88. The zero-order valence-corrected chi connectivity index (χ0v) is 20.1. The lowest BCUT2D eigenvalue weighted by Crippen LogP contribution is -2.50. The van der Waals surface area contributed by atoms with Gasteiger partial charge in [0.2, 0.25) is 15.9 Å². The van der Waals surface area contributed by atoms with Crippen LogP contribution in [0.4, 0.5) is 0 Å². The van der Waals surface area contributed by atoms with Gasteiger partial charge in [0.15, 0.2) is 0 Å². The summed E-state index contributed by atoms with van der Waals surface area (Å²) in [7, 11) is -3.57. The minimum absolute atomic E-state index is 0.0212. The second-order valence-electron chi connectivity index (χ2n) is 8.67. The van der Waals surface area contributed by atoms with E-state index in [-0.39, 0.29) is 23.1 Å². The lowest BCUT2D eigenvalue weighted by Gasteiger charge is -2.33. The van der Waals surface area contributed by atoms with Gasteiger partial charge in [-0.3, -0.25) is 4.79 Å². The number of piperidine rings is 1. The van der Waals surface area contributed by atoms with E-state index < -0.39 is 10.0 Å². The summed E-state index contributed by atoms with van der Waals surface area (Å²) in [5, 5.41) is 3.82. The fourth-order valence-electron chi connectivity index (χ4n) is 3.93. The Labute approximate surface area is 194 Å². The van der Waals surface area contributed by atoms with Crippen LogP contribution in [0.2, 0.25) is 10.0 Å². The number of carbonyl (C=O) groups excluding carboxylic acids is 1. The van der Waals surface area contributed by atoms with Crippen molar-refractivity contribution in [2.24, 2.45) is 5.92 Å². The van der Waals surface area contributed by atoms with Gasteiger partial charge >= 0.3 is 0 Å². The van der Waals surface area contributed by atoms with Crippen molar-refractivity contribution < 1.29 is 13.2 Å². The largest absolute Gasteiger partial charge is 0.351 e. The zero-order valence-electron chi connectivity index (χ0n) is 17.8. The molecule has 8 heteroatoms. The van der Waals surface area contributed by atoms with Crippen LogP contribution < -0.4 is 5.32 Å². The van der Waals surface area contributed by atoms with Crippen molar-refractivity contribution in [1.82, 2.24) is 9.62 Å². The van der Waals surface area contributed by atoms with Gasteiger partial charge in [-0.25, -0.2) is 12.7 Å². The van der Waals surface area contributed by atoms with Crippen LogP contribution in [0.3, 0.4) is 0 Å². The topological polar surface area (TPSA) is 66.5 Å². The molecule has 0 spiro atoms. The Morgan fingerprint density at radius 1 is 1.03 bits per heavy atom. The van der Waals surface area contributed by atoms with E-state index in [1.54, 1.807) is 18.2 Å². The molecule has 0 radical (unpaired) electrons. The van der Waals surface area contributed by atoms with Crippen molar-refractivity contribution >= 4 is 39.1 Å². The summed E-state index contributed by atoms with van der Waals surface area (Å²) >= 11 is 12.3. The molecular formula is C23H28Cl2N2O3S. The third-order valence-corrected chi connectivity index (χ3v) is 8.07. The van der Waals surface area contributed by atoms with Gasteiger partial charge in [-0.1, -0.05) is 59.6 Å². The minimum atomic E-state index is -3.57. The summed E-state index contributed by atoms with van der Waals surface area (Å²) in [5.41, 5.74) is 1.18. The van der Waals surface area contributed by atoms with E-state index in [4.69, 9.17) is 23.2 Å². The van der Waals surface area contributed by atoms with Gasteiger partial charge in [0, 0.05) is 40.2 Å². The number of rotatable bonds is 7.